The van der Waals surface area contributed by atoms with Crippen molar-refractivity contribution in [2.75, 3.05) is 0 Å². The van der Waals surface area contributed by atoms with Gasteiger partial charge in [-0.05, 0) is 0 Å². The fourth-order valence-electron chi connectivity index (χ4n) is 0. The van der Waals surface area contributed by atoms with E-state index in [0.717, 1.165) is 0 Å². The van der Waals surface area contributed by atoms with Crippen molar-refractivity contribution in [1.29, 1.82) is 0 Å². The normalized spacial score (nSPS) is 9.67. The fourth-order valence-corrected chi connectivity index (χ4v) is 0. The van der Waals surface area contributed by atoms with Crippen LogP contribution in [0.25, 0.3) is 0 Å². The molecule has 6 heteroatoms. The van der Waals surface area contributed by atoms with Crippen LogP contribution in [-0.2, 0) is 10.4 Å². The van der Waals surface area contributed by atoms with Crippen molar-refractivity contribution in [3.63, 3.8) is 0 Å². The van der Waals surface area contributed by atoms with Gasteiger partial charge < -0.3 is 2.85 Å². The van der Waals surface area contributed by atoms with Crippen molar-refractivity contribution in [3.05, 3.63) is 0 Å². The standard InChI is InChI=1S/H2O4S.Sr.2H/c1-5(2,3)4;;;/h(H2,1,2,3,4);;;/q;+2;2*-1. The van der Waals surface area contributed by atoms with E-state index in [1.807, 2.05) is 0 Å². The predicted octanol–water partition coefficient (Wildman–Crippen LogP) is -0.809. The molecule has 0 radical (unpaired) electrons. The van der Waals surface area contributed by atoms with Crippen LogP contribution in [0.15, 0.2) is 0 Å². The van der Waals surface area contributed by atoms with Gasteiger partial charge in [-0.15, -0.1) is 0 Å². The average Bonchev–Trinajstić information content (AvgIpc) is 0.722. The Morgan fingerprint density at radius 2 is 1.33 bits per heavy atom. The summed E-state index contributed by atoms with van der Waals surface area (Å²) in [5, 5.41) is 0. The molecule has 6 heavy (non-hydrogen) atoms. The third-order valence-corrected chi connectivity index (χ3v) is 0. The van der Waals surface area contributed by atoms with Crippen LogP contribution in [-0.4, -0.2) is 63.0 Å². The van der Waals surface area contributed by atoms with Crippen LogP contribution in [0.3, 0.4) is 0 Å². The Morgan fingerprint density at radius 1 is 1.33 bits per heavy atom. The Hall–Kier alpha value is 1.35. The molecule has 4 nitrogen and oxygen atoms in total. The summed E-state index contributed by atoms with van der Waals surface area (Å²) in [6.45, 7) is 0. The van der Waals surface area contributed by atoms with Crippen molar-refractivity contribution in [3.8, 4) is 0 Å². The Balaban J connectivity index is -0.0000000267. The minimum Gasteiger partial charge on any atom is -1.00 e. The first-order valence-electron chi connectivity index (χ1n) is 0.698. The molecule has 0 spiro atoms. The van der Waals surface area contributed by atoms with E-state index < -0.39 is 10.4 Å². The second kappa shape index (κ2) is 3.36. The van der Waals surface area contributed by atoms with Crippen LogP contribution in [0.4, 0.5) is 0 Å². The van der Waals surface area contributed by atoms with Crippen LogP contribution in [0.5, 0.6) is 0 Å². The summed E-state index contributed by atoms with van der Waals surface area (Å²) in [6, 6.07) is 0. The van der Waals surface area contributed by atoms with Crippen LogP contribution in [0, 0.1) is 0 Å². The molecule has 0 aliphatic carbocycles. The van der Waals surface area contributed by atoms with E-state index in [4.69, 9.17) is 17.5 Å². The molecule has 0 fully saturated rings. The molecule has 0 aliphatic heterocycles. The van der Waals surface area contributed by atoms with E-state index in [2.05, 4.69) is 0 Å². The maximum Gasteiger partial charge on any atom is 2.00 e. The SMILES string of the molecule is O=S(=O)(O)O.[H-].[H-].[Sr+2]. The molecule has 0 aromatic carbocycles. The molecule has 0 aliphatic rings. The first-order chi connectivity index (χ1) is 2.00. The van der Waals surface area contributed by atoms with E-state index >= 15 is 0 Å². The monoisotopic (exact) mass is 188 g/mol. The Labute approximate surface area is 75.4 Å². The number of hydrogen-bond acceptors (Lipinski definition) is 2. The molecule has 0 rings (SSSR count). The molecule has 0 unspecified atom stereocenters. The molecular weight excluding hydrogens is 184 g/mol. The molecule has 0 saturated carbocycles. The van der Waals surface area contributed by atoms with Gasteiger partial charge in [0.05, 0.1) is 0 Å². The van der Waals surface area contributed by atoms with Gasteiger partial charge in [0, 0.05) is 0 Å². The van der Waals surface area contributed by atoms with Gasteiger partial charge in [0.15, 0.2) is 0 Å². The molecule has 36 valence electrons. The predicted molar refractivity (Wildman–Crippen MR) is 22.2 cm³/mol. The second-order valence-electron chi connectivity index (χ2n) is 0.448. The van der Waals surface area contributed by atoms with E-state index in [1.165, 1.54) is 0 Å². The van der Waals surface area contributed by atoms with Gasteiger partial charge >= 0.3 is 55.9 Å². The van der Waals surface area contributed by atoms with Gasteiger partial charge in [0.25, 0.3) is 0 Å². The first kappa shape index (κ1) is 10.4. The third-order valence-electron chi connectivity index (χ3n) is 0. The summed E-state index contributed by atoms with van der Waals surface area (Å²) in [5.41, 5.74) is 0. The Bertz CT molecular complexity index is 97.2. The van der Waals surface area contributed by atoms with Gasteiger partial charge in [-0.3, -0.25) is 9.11 Å². The van der Waals surface area contributed by atoms with Crippen molar-refractivity contribution in [2.24, 2.45) is 0 Å². The fraction of sp³-hybridized carbons (Fsp3) is 0. The van der Waals surface area contributed by atoms with Crippen molar-refractivity contribution in [1.82, 2.24) is 0 Å². The molecule has 0 aromatic heterocycles. The van der Waals surface area contributed by atoms with Crippen LogP contribution in [0.2, 0.25) is 0 Å². The van der Waals surface area contributed by atoms with Gasteiger partial charge in [0.2, 0.25) is 0 Å². The van der Waals surface area contributed by atoms with E-state index in [1.54, 1.807) is 0 Å². The minimum atomic E-state index is -4.67. The van der Waals surface area contributed by atoms with E-state index in [0.29, 0.717) is 0 Å². The van der Waals surface area contributed by atoms with Crippen LogP contribution < -0.4 is 0 Å². The Morgan fingerprint density at radius 3 is 1.33 bits per heavy atom. The molecule has 0 aromatic rings. The summed E-state index contributed by atoms with van der Waals surface area (Å²) in [4.78, 5) is 0. The summed E-state index contributed by atoms with van der Waals surface area (Å²) in [6.07, 6.45) is 0. The minimum absolute atomic E-state index is 0. The molecule has 0 atom stereocenters. The van der Waals surface area contributed by atoms with Crippen molar-refractivity contribution < 1.29 is 20.4 Å². The van der Waals surface area contributed by atoms with Gasteiger partial charge in [-0.1, -0.05) is 0 Å². The van der Waals surface area contributed by atoms with Crippen molar-refractivity contribution >= 4 is 55.9 Å². The smallest absolute Gasteiger partial charge is 1.00 e. The quantitative estimate of drug-likeness (QED) is 0.385. The van der Waals surface area contributed by atoms with Crippen LogP contribution >= 0.6 is 0 Å². The first-order valence-corrected chi connectivity index (χ1v) is 2.10. The Kier molecular flexibility index (Phi) is 5.81. The molecule has 0 saturated heterocycles. The summed E-state index contributed by atoms with van der Waals surface area (Å²) >= 11 is 0. The number of rotatable bonds is 0. The molecular formula is H4O4SSr. The molecule has 0 heterocycles. The maximum absolute atomic E-state index is 8.74. The summed E-state index contributed by atoms with van der Waals surface area (Å²) in [7, 11) is -4.67. The van der Waals surface area contributed by atoms with Gasteiger partial charge in [-0.25, -0.2) is 0 Å². The summed E-state index contributed by atoms with van der Waals surface area (Å²) in [5.74, 6) is 0. The molecule has 0 bridgehead atoms. The zero-order valence-corrected chi connectivity index (χ0v) is 7.12. The third kappa shape index (κ3) is 55.5. The molecule has 0 amide bonds. The zero-order chi connectivity index (χ0) is 4.50. The van der Waals surface area contributed by atoms with Gasteiger partial charge in [-0.2, -0.15) is 8.42 Å². The van der Waals surface area contributed by atoms with E-state index in [9.17, 15) is 0 Å². The second-order valence-corrected chi connectivity index (χ2v) is 1.34. The average molecular weight is 188 g/mol. The van der Waals surface area contributed by atoms with Crippen molar-refractivity contribution in [2.45, 2.75) is 0 Å². The number of hydrogen-bond donors (Lipinski definition) is 2. The summed E-state index contributed by atoms with van der Waals surface area (Å²) < 4.78 is 31.6. The molecule has 2 N–H and O–H groups in total. The zero-order valence-electron chi connectivity index (χ0n) is 4.83. The topological polar surface area (TPSA) is 74.6 Å². The van der Waals surface area contributed by atoms with Gasteiger partial charge in [0.1, 0.15) is 0 Å². The largest absolute Gasteiger partial charge is 2.00 e. The van der Waals surface area contributed by atoms with Crippen LogP contribution in [0.1, 0.15) is 2.85 Å². The maximum atomic E-state index is 8.74. The van der Waals surface area contributed by atoms with E-state index in [-0.39, 0.29) is 48.3 Å².